The number of unbranched alkanes of at least 4 members (excludes halogenated alkanes) is 2. The van der Waals surface area contributed by atoms with Gasteiger partial charge in [-0.15, -0.1) is 6.58 Å². The van der Waals surface area contributed by atoms with Crippen LogP contribution in [0.3, 0.4) is 0 Å². The predicted molar refractivity (Wildman–Crippen MR) is 64.6 cm³/mol. The Morgan fingerprint density at radius 2 is 2.00 bits per heavy atom. The van der Waals surface area contributed by atoms with E-state index in [0.717, 1.165) is 12.8 Å². The third-order valence-electron chi connectivity index (χ3n) is 2.09. The molecule has 0 heterocycles. The van der Waals surface area contributed by atoms with Crippen LogP contribution < -0.4 is 0 Å². The highest BCUT2D eigenvalue weighted by molar-refractivity contribution is 5.85. The molecule has 14 heavy (non-hydrogen) atoms. The standard InChI is InChI=1S/C12H24N2/c1-6-7-8-9-10-12(11(2)3)13-14(4)5/h6,11H,1,7-10H2,2-5H3/b13-12+. The van der Waals surface area contributed by atoms with E-state index in [9.17, 15) is 0 Å². The van der Waals surface area contributed by atoms with E-state index < -0.39 is 0 Å². The Hall–Kier alpha value is -0.790. The van der Waals surface area contributed by atoms with Crippen LogP contribution >= 0.6 is 0 Å². The van der Waals surface area contributed by atoms with Gasteiger partial charge in [-0.2, -0.15) is 5.10 Å². The Labute approximate surface area is 88.7 Å². The molecule has 0 saturated heterocycles. The second kappa shape index (κ2) is 7.60. The maximum Gasteiger partial charge on any atom is 0.0405 e. The maximum absolute atomic E-state index is 4.50. The second-order valence-corrected chi connectivity index (χ2v) is 4.13. The normalized spacial score (nSPS) is 11.9. The topological polar surface area (TPSA) is 15.6 Å². The predicted octanol–water partition coefficient (Wildman–Crippen LogP) is 3.31. The van der Waals surface area contributed by atoms with E-state index in [1.54, 1.807) is 0 Å². The third kappa shape index (κ3) is 6.70. The minimum absolute atomic E-state index is 0.557. The van der Waals surface area contributed by atoms with Crippen LogP contribution in [0.5, 0.6) is 0 Å². The highest BCUT2D eigenvalue weighted by Gasteiger charge is 2.05. The number of hydrazone groups is 1. The van der Waals surface area contributed by atoms with Crippen molar-refractivity contribution in [2.75, 3.05) is 14.1 Å². The summed E-state index contributed by atoms with van der Waals surface area (Å²) in [5.74, 6) is 0.557. The lowest BCUT2D eigenvalue weighted by atomic mass is 10.0. The van der Waals surface area contributed by atoms with Crippen LogP contribution in [0.2, 0.25) is 0 Å². The van der Waals surface area contributed by atoms with Gasteiger partial charge in [0.05, 0.1) is 0 Å². The molecule has 0 aliphatic carbocycles. The van der Waals surface area contributed by atoms with Crippen LogP contribution in [0.4, 0.5) is 0 Å². The molecular formula is C12H24N2. The summed E-state index contributed by atoms with van der Waals surface area (Å²) in [6.45, 7) is 8.13. The molecule has 0 saturated carbocycles. The van der Waals surface area contributed by atoms with Gasteiger partial charge in [-0.25, -0.2) is 0 Å². The highest BCUT2D eigenvalue weighted by Crippen LogP contribution is 2.08. The van der Waals surface area contributed by atoms with Crippen molar-refractivity contribution in [1.29, 1.82) is 0 Å². The van der Waals surface area contributed by atoms with Crippen LogP contribution in [-0.2, 0) is 0 Å². The summed E-state index contributed by atoms with van der Waals surface area (Å²) in [6.07, 6.45) is 6.66. The summed E-state index contributed by atoms with van der Waals surface area (Å²) < 4.78 is 0. The minimum Gasteiger partial charge on any atom is -0.303 e. The molecule has 0 aromatic heterocycles. The number of nitrogens with zero attached hydrogens (tertiary/aromatic N) is 2. The summed E-state index contributed by atoms with van der Waals surface area (Å²) in [4.78, 5) is 0. The average Bonchev–Trinajstić information content (AvgIpc) is 2.09. The van der Waals surface area contributed by atoms with Crippen molar-refractivity contribution < 1.29 is 0 Å². The Morgan fingerprint density at radius 3 is 2.43 bits per heavy atom. The van der Waals surface area contributed by atoms with Crippen molar-refractivity contribution in [3.05, 3.63) is 12.7 Å². The largest absolute Gasteiger partial charge is 0.303 e. The molecule has 0 aliphatic rings. The van der Waals surface area contributed by atoms with Crippen LogP contribution in [0.25, 0.3) is 0 Å². The number of hydrogen-bond acceptors (Lipinski definition) is 2. The van der Waals surface area contributed by atoms with Gasteiger partial charge in [0.25, 0.3) is 0 Å². The molecule has 0 spiro atoms. The van der Waals surface area contributed by atoms with Gasteiger partial charge in [0.15, 0.2) is 0 Å². The van der Waals surface area contributed by atoms with Crippen molar-refractivity contribution in [3.8, 4) is 0 Å². The zero-order chi connectivity index (χ0) is 11.0. The van der Waals surface area contributed by atoms with E-state index >= 15 is 0 Å². The first-order valence-corrected chi connectivity index (χ1v) is 5.43. The Kier molecular flexibility index (Phi) is 7.17. The monoisotopic (exact) mass is 196 g/mol. The number of allylic oxidation sites excluding steroid dienone is 1. The lowest BCUT2D eigenvalue weighted by Gasteiger charge is -2.13. The molecule has 0 aromatic carbocycles. The van der Waals surface area contributed by atoms with Crippen LogP contribution in [-0.4, -0.2) is 24.8 Å². The molecule has 82 valence electrons. The van der Waals surface area contributed by atoms with Gasteiger partial charge in [-0.05, 0) is 31.6 Å². The van der Waals surface area contributed by atoms with Crippen molar-refractivity contribution in [1.82, 2.24) is 5.01 Å². The maximum atomic E-state index is 4.50. The van der Waals surface area contributed by atoms with E-state index in [2.05, 4.69) is 25.5 Å². The molecule has 0 atom stereocenters. The fraction of sp³-hybridized carbons (Fsp3) is 0.750. The first-order valence-electron chi connectivity index (χ1n) is 5.43. The second-order valence-electron chi connectivity index (χ2n) is 4.13. The summed E-state index contributed by atoms with van der Waals surface area (Å²) in [7, 11) is 3.96. The van der Waals surface area contributed by atoms with Gasteiger partial charge >= 0.3 is 0 Å². The Bertz CT molecular complexity index is 181. The first kappa shape index (κ1) is 13.2. The molecule has 0 unspecified atom stereocenters. The molecular weight excluding hydrogens is 172 g/mol. The molecule has 0 aliphatic heterocycles. The average molecular weight is 196 g/mol. The van der Waals surface area contributed by atoms with Gasteiger partial charge in [-0.3, -0.25) is 0 Å². The van der Waals surface area contributed by atoms with E-state index in [0.29, 0.717) is 5.92 Å². The zero-order valence-electron chi connectivity index (χ0n) is 10.1. The zero-order valence-corrected chi connectivity index (χ0v) is 10.1. The molecule has 2 nitrogen and oxygen atoms in total. The molecule has 0 bridgehead atoms. The minimum atomic E-state index is 0.557. The molecule has 0 rings (SSSR count). The van der Waals surface area contributed by atoms with E-state index in [1.165, 1.54) is 18.6 Å². The van der Waals surface area contributed by atoms with Gasteiger partial charge in [-0.1, -0.05) is 19.9 Å². The summed E-state index contributed by atoms with van der Waals surface area (Å²) in [6, 6.07) is 0. The third-order valence-corrected chi connectivity index (χ3v) is 2.09. The molecule has 2 heteroatoms. The van der Waals surface area contributed by atoms with Crippen molar-refractivity contribution in [3.63, 3.8) is 0 Å². The van der Waals surface area contributed by atoms with E-state index in [1.807, 2.05) is 25.2 Å². The van der Waals surface area contributed by atoms with Gasteiger partial charge in [0.1, 0.15) is 0 Å². The molecule has 0 amide bonds. The van der Waals surface area contributed by atoms with Crippen molar-refractivity contribution >= 4 is 5.71 Å². The van der Waals surface area contributed by atoms with Gasteiger partial charge in [0.2, 0.25) is 0 Å². The SMILES string of the molecule is C=CCCCC/C(=N\N(C)C)C(C)C. The summed E-state index contributed by atoms with van der Waals surface area (Å²) >= 11 is 0. The van der Waals surface area contributed by atoms with E-state index in [4.69, 9.17) is 0 Å². The number of rotatable bonds is 7. The molecule has 0 fully saturated rings. The van der Waals surface area contributed by atoms with Gasteiger partial charge in [0, 0.05) is 19.8 Å². The lowest BCUT2D eigenvalue weighted by Crippen LogP contribution is -2.14. The van der Waals surface area contributed by atoms with Crippen molar-refractivity contribution in [2.45, 2.75) is 39.5 Å². The van der Waals surface area contributed by atoms with Gasteiger partial charge < -0.3 is 5.01 Å². The Morgan fingerprint density at radius 1 is 1.36 bits per heavy atom. The van der Waals surface area contributed by atoms with Crippen molar-refractivity contribution in [2.24, 2.45) is 11.0 Å². The van der Waals surface area contributed by atoms with Crippen LogP contribution in [0.1, 0.15) is 39.5 Å². The highest BCUT2D eigenvalue weighted by atomic mass is 15.4. The smallest absolute Gasteiger partial charge is 0.0405 e. The van der Waals surface area contributed by atoms with Crippen LogP contribution in [0.15, 0.2) is 17.8 Å². The van der Waals surface area contributed by atoms with Crippen LogP contribution in [0, 0.1) is 5.92 Å². The quantitative estimate of drug-likeness (QED) is 0.264. The van der Waals surface area contributed by atoms with E-state index in [-0.39, 0.29) is 0 Å². The fourth-order valence-electron chi connectivity index (χ4n) is 1.31. The molecule has 0 aromatic rings. The Balaban J connectivity index is 3.92. The molecule has 0 radical (unpaired) electrons. The first-order chi connectivity index (χ1) is 6.57. The summed E-state index contributed by atoms with van der Waals surface area (Å²) in [5.41, 5.74) is 1.30. The number of hydrogen-bond donors (Lipinski definition) is 0. The summed E-state index contributed by atoms with van der Waals surface area (Å²) in [5, 5.41) is 6.39. The fourth-order valence-corrected chi connectivity index (χ4v) is 1.31. The molecule has 0 N–H and O–H groups in total. The lowest BCUT2D eigenvalue weighted by molar-refractivity contribution is 0.431.